The van der Waals surface area contributed by atoms with Crippen LogP contribution in [0.15, 0.2) is 30.3 Å². The van der Waals surface area contributed by atoms with Crippen molar-refractivity contribution in [3.8, 4) is 11.3 Å². The number of carbonyl (C=O) groups is 2. The van der Waals surface area contributed by atoms with E-state index in [1.54, 1.807) is 17.9 Å². The van der Waals surface area contributed by atoms with E-state index in [2.05, 4.69) is 10.2 Å². The lowest BCUT2D eigenvalue weighted by Gasteiger charge is -2.19. The first kappa shape index (κ1) is 15.3. The van der Waals surface area contributed by atoms with Crippen LogP contribution in [-0.4, -0.2) is 45.2 Å². The first-order valence-electron chi connectivity index (χ1n) is 7.54. The smallest absolute Gasteiger partial charge is 0.311 e. The van der Waals surface area contributed by atoms with Crippen molar-refractivity contribution in [2.75, 3.05) is 13.1 Å². The van der Waals surface area contributed by atoms with Crippen molar-refractivity contribution in [2.24, 2.45) is 5.41 Å². The highest BCUT2D eigenvalue weighted by molar-refractivity contribution is 5.94. The van der Waals surface area contributed by atoms with E-state index in [0.29, 0.717) is 24.4 Å². The molecule has 1 aliphatic heterocycles. The zero-order valence-corrected chi connectivity index (χ0v) is 13.2. The third kappa shape index (κ3) is 2.84. The molecule has 1 fully saturated rings. The van der Waals surface area contributed by atoms with Gasteiger partial charge in [-0.05, 0) is 26.3 Å². The number of carbonyl (C=O) groups excluding carboxylic acids is 1. The fourth-order valence-corrected chi connectivity index (χ4v) is 2.78. The topological polar surface area (TPSA) is 86.3 Å². The number of nitrogens with one attached hydrogen (secondary N) is 1. The molecule has 1 aliphatic rings. The van der Waals surface area contributed by atoms with Gasteiger partial charge in [-0.2, -0.15) is 5.10 Å². The third-order valence-corrected chi connectivity index (χ3v) is 4.43. The Kier molecular flexibility index (Phi) is 3.67. The van der Waals surface area contributed by atoms with Gasteiger partial charge in [-0.25, -0.2) is 0 Å². The van der Waals surface area contributed by atoms with E-state index >= 15 is 0 Å². The number of aromatic nitrogens is 2. The molecule has 2 aromatic rings. The molecular formula is C17H19N3O3. The Balaban J connectivity index is 1.77. The molecule has 0 spiro atoms. The molecule has 2 heterocycles. The second kappa shape index (κ2) is 5.53. The molecule has 1 amide bonds. The fraction of sp³-hybridized carbons (Fsp3) is 0.353. The molecule has 0 saturated carbocycles. The summed E-state index contributed by atoms with van der Waals surface area (Å²) in [6.45, 7) is 4.35. The molecular weight excluding hydrogens is 294 g/mol. The zero-order chi connectivity index (χ0) is 16.6. The van der Waals surface area contributed by atoms with Gasteiger partial charge in [0.05, 0.1) is 11.1 Å². The van der Waals surface area contributed by atoms with Crippen LogP contribution in [0.5, 0.6) is 0 Å². The summed E-state index contributed by atoms with van der Waals surface area (Å²) in [5.41, 5.74) is 2.31. The zero-order valence-electron chi connectivity index (χ0n) is 13.2. The minimum Gasteiger partial charge on any atom is -0.481 e. The van der Waals surface area contributed by atoms with Crippen molar-refractivity contribution in [2.45, 2.75) is 20.3 Å². The lowest BCUT2D eigenvalue weighted by Crippen LogP contribution is -2.35. The van der Waals surface area contributed by atoms with Gasteiger partial charge in [0, 0.05) is 18.7 Å². The maximum atomic E-state index is 12.5. The molecule has 0 bridgehead atoms. The molecule has 120 valence electrons. The number of aromatic amines is 1. The van der Waals surface area contributed by atoms with Crippen molar-refractivity contribution in [3.05, 3.63) is 41.6 Å². The van der Waals surface area contributed by atoms with E-state index in [1.165, 1.54) is 0 Å². The van der Waals surface area contributed by atoms with E-state index in [-0.39, 0.29) is 12.5 Å². The Bertz CT molecular complexity index is 751. The molecule has 1 atom stereocenters. The Morgan fingerprint density at radius 1 is 1.30 bits per heavy atom. The maximum Gasteiger partial charge on any atom is 0.311 e. The first-order chi connectivity index (χ1) is 10.9. The highest BCUT2D eigenvalue weighted by Crippen LogP contribution is 2.31. The quantitative estimate of drug-likeness (QED) is 0.910. The number of H-pyrrole nitrogens is 1. The van der Waals surface area contributed by atoms with Crippen LogP contribution >= 0.6 is 0 Å². The summed E-state index contributed by atoms with van der Waals surface area (Å²) in [5, 5.41) is 16.2. The molecule has 6 nitrogen and oxygen atoms in total. The normalized spacial score (nSPS) is 20.7. The SMILES string of the molecule is Cc1ccc(-c2cc(C(=O)N3CC[C@](C)(C(=O)O)C3)[nH]n2)cc1. The Labute approximate surface area is 134 Å². The molecule has 6 heteroatoms. The average Bonchev–Trinajstić information content (AvgIpc) is 3.15. The van der Waals surface area contributed by atoms with E-state index in [0.717, 1.165) is 11.1 Å². The number of likely N-dealkylation sites (tertiary alicyclic amines) is 1. The monoisotopic (exact) mass is 313 g/mol. The van der Waals surface area contributed by atoms with Gasteiger partial charge in [0.2, 0.25) is 0 Å². The maximum absolute atomic E-state index is 12.5. The largest absolute Gasteiger partial charge is 0.481 e. The van der Waals surface area contributed by atoms with Crippen molar-refractivity contribution in [3.63, 3.8) is 0 Å². The van der Waals surface area contributed by atoms with E-state index in [1.807, 2.05) is 31.2 Å². The highest BCUT2D eigenvalue weighted by atomic mass is 16.4. The fourth-order valence-electron chi connectivity index (χ4n) is 2.78. The summed E-state index contributed by atoms with van der Waals surface area (Å²) >= 11 is 0. The molecule has 23 heavy (non-hydrogen) atoms. The number of aliphatic carboxylic acids is 1. The lowest BCUT2D eigenvalue weighted by molar-refractivity contribution is -0.147. The van der Waals surface area contributed by atoms with Gasteiger partial charge in [-0.3, -0.25) is 14.7 Å². The van der Waals surface area contributed by atoms with Crippen molar-refractivity contribution >= 4 is 11.9 Å². The molecule has 1 saturated heterocycles. The Morgan fingerprint density at radius 2 is 2.00 bits per heavy atom. The summed E-state index contributed by atoms with van der Waals surface area (Å²) in [4.78, 5) is 25.4. The summed E-state index contributed by atoms with van der Waals surface area (Å²) in [6, 6.07) is 9.60. The van der Waals surface area contributed by atoms with Crippen LogP contribution in [-0.2, 0) is 4.79 Å². The molecule has 2 N–H and O–H groups in total. The second-order valence-corrected chi connectivity index (χ2v) is 6.38. The molecule has 3 rings (SSSR count). The van der Waals surface area contributed by atoms with Gasteiger partial charge in [0.15, 0.2) is 0 Å². The van der Waals surface area contributed by atoms with Crippen LogP contribution in [0.3, 0.4) is 0 Å². The number of rotatable bonds is 3. The van der Waals surface area contributed by atoms with Crippen LogP contribution in [0.1, 0.15) is 29.4 Å². The molecule has 1 aromatic heterocycles. The summed E-state index contributed by atoms with van der Waals surface area (Å²) in [6.07, 6.45) is 0.465. The third-order valence-electron chi connectivity index (χ3n) is 4.43. The summed E-state index contributed by atoms with van der Waals surface area (Å²) in [7, 11) is 0. The standard InChI is InChI=1S/C17H19N3O3/c1-11-3-5-12(6-4-11)13-9-14(19-18-13)15(21)20-8-7-17(2,10-20)16(22)23/h3-6,9H,7-8,10H2,1-2H3,(H,18,19)(H,22,23)/t17-/m0/s1. The predicted octanol–water partition coefficient (Wildman–Crippen LogP) is 2.32. The van der Waals surface area contributed by atoms with Crippen LogP contribution in [0.4, 0.5) is 0 Å². The van der Waals surface area contributed by atoms with Gasteiger partial charge in [-0.15, -0.1) is 0 Å². The number of hydrogen-bond donors (Lipinski definition) is 2. The van der Waals surface area contributed by atoms with Crippen molar-refractivity contribution < 1.29 is 14.7 Å². The van der Waals surface area contributed by atoms with E-state index < -0.39 is 11.4 Å². The molecule has 0 radical (unpaired) electrons. The minimum atomic E-state index is -0.866. The second-order valence-electron chi connectivity index (χ2n) is 6.38. The Hall–Kier alpha value is -2.63. The average molecular weight is 313 g/mol. The molecule has 0 unspecified atom stereocenters. The number of benzene rings is 1. The van der Waals surface area contributed by atoms with Gasteiger partial charge in [-0.1, -0.05) is 29.8 Å². The van der Waals surface area contributed by atoms with E-state index in [9.17, 15) is 14.7 Å². The molecule has 0 aliphatic carbocycles. The van der Waals surface area contributed by atoms with Gasteiger partial charge in [0.1, 0.15) is 5.69 Å². The van der Waals surface area contributed by atoms with Crippen LogP contribution < -0.4 is 0 Å². The summed E-state index contributed by atoms with van der Waals surface area (Å²) in [5.74, 6) is -1.07. The number of carboxylic acid groups (broad SMARTS) is 1. The lowest BCUT2D eigenvalue weighted by atomic mass is 9.90. The number of nitrogens with zero attached hydrogens (tertiary/aromatic N) is 2. The van der Waals surface area contributed by atoms with Crippen molar-refractivity contribution in [1.29, 1.82) is 0 Å². The summed E-state index contributed by atoms with van der Waals surface area (Å²) < 4.78 is 0. The molecule has 1 aromatic carbocycles. The van der Waals surface area contributed by atoms with Gasteiger partial charge < -0.3 is 10.0 Å². The number of carboxylic acids is 1. The van der Waals surface area contributed by atoms with Crippen molar-refractivity contribution in [1.82, 2.24) is 15.1 Å². The van der Waals surface area contributed by atoms with Gasteiger partial charge >= 0.3 is 5.97 Å². The minimum absolute atomic E-state index is 0.208. The predicted molar refractivity (Wildman–Crippen MR) is 85.0 cm³/mol. The Morgan fingerprint density at radius 3 is 2.61 bits per heavy atom. The number of amides is 1. The number of aryl methyl sites for hydroxylation is 1. The van der Waals surface area contributed by atoms with E-state index in [4.69, 9.17) is 0 Å². The first-order valence-corrected chi connectivity index (χ1v) is 7.54. The van der Waals surface area contributed by atoms with Crippen LogP contribution in [0.25, 0.3) is 11.3 Å². The number of hydrogen-bond acceptors (Lipinski definition) is 3. The van der Waals surface area contributed by atoms with Crippen LogP contribution in [0, 0.1) is 12.3 Å². The van der Waals surface area contributed by atoms with Crippen LogP contribution in [0.2, 0.25) is 0 Å². The van der Waals surface area contributed by atoms with Gasteiger partial charge in [0.25, 0.3) is 5.91 Å². The highest BCUT2D eigenvalue weighted by Gasteiger charge is 2.42.